The number of hydrogen-bond donors (Lipinski definition) is 1. The van der Waals surface area contributed by atoms with Crippen LogP contribution >= 0.6 is 0 Å². The van der Waals surface area contributed by atoms with Gasteiger partial charge in [0.15, 0.2) is 0 Å². The first-order valence-electron chi connectivity index (χ1n) is 5.72. The molecule has 2 atom stereocenters. The van der Waals surface area contributed by atoms with Crippen molar-refractivity contribution in [2.24, 2.45) is 11.1 Å². The summed E-state index contributed by atoms with van der Waals surface area (Å²) >= 11 is 0. The van der Waals surface area contributed by atoms with Crippen LogP contribution in [-0.4, -0.2) is 31.5 Å². The van der Waals surface area contributed by atoms with E-state index < -0.39 is 0 Å². The summed E-state index contributed by atoms with van der Waals surface area (Å²) < 4.78 is 11.2. The summed E-state index contributed by atoms with van der Waals surface area (Å²) in [5, 5.41) is 0. The lowest BCUT2D eigenvalue weighted by Gasteiger charge is -2.50. The Labute approximate surface area is 93.3 Å². The molecule has 1 aliphatic carbocycles. The van der Waals surface area contributed by atoms with E-state index in [0.717, 1.165) is 19.4 Å². The molecule has 0 aromatic carbocycles. The van der Waals surface area contributed by atoms with Gasteiger partial charge in [-0.2, -0.15) is 0 Å². The van der Waals surface area contributed by atoms with Gasteiger partial charge in [-0.05, 0) is 26.7 Å². The van der Waals surface area contributed by atoms with Crippen LogP contribution in [0.3, 0.4) is 0 Å². The molecule has 0 bridgehead atoms. The smallest absolute Gasteiger partial charge is 0.0655 e. The number of hydrogen-bond acceptors (Lipinski definition) is 3. The summed E-state index contributed by atoms with van der Waals surface area (Å²) in [6, 6.07) is 0.290. The lowest BCUT2D eigenvalue weighted by Crippen LogP contribution is -2.59. The first-order valence-corrected chi connectivity index (χ1v) is 5.72. The molecule has 1 rings (SSSR count). The highest BCUT2D eigenvalue weighted by Crippen LogP contribution is 2.41. The molecular weight excluding hydrogens is 190 g/mol. The Bertz CT molecular complexity index is 214. The lowest BCUT2D eigenvalue weighted by molar-refractivity contribution is -0.120. The molecule has 1 saturated carbocycles. The third kappa shape index (κ3) is 2.92. The topological polar surface area (TPSA) is 44.5 Å². The van der Waals surface area contributed by atoms with Gasteiger partial charge in [-0.3, -0.25) is 0 Å². The maximum absolute atomic E-state index is 5.93. The summed E-state index contributed by atoms with van der Waals surface area (Å²) in [7, 11) is 1.74. The Morgan fingerprint density at radius 1 is 1.40 bits per heavy atom. The van der Waals surface area contributed by atoms with E-state index in [2.05, 4.69) is 27.7 Å². The van der Waals surface area contributed by atoms with Gasteiger partial charge in [-0.1, -0.05) is 13.8 Å². The van der Waals surface area contributed by atoms with Gasteiger partial charge in [0.2, 0.25) is 0 Å². The summed E-state index contributed by atoms with van der Waals surface area (Å²) in [5.74, 6) is 0. The molecule has 0 spiro atoms. The minimum absolute atomic E-state index is 0.0873. The van der Waals surface area contributed by atoms with Crippen molar-refractivity contribution in [3.05, 3.63) is 0 Å². The highest BCUT2D eigenvalue weighted by molar-refractivity contribution is 5.00. The summed E-state index contributed by atoms with van der Waals surface area (Å²) in [6.07, 6.45) is 2.23. The fraction of sp³-hybridized carbons (Fsp3) is 1.00. The zero-order chi connectivity index (χ0) is 11.7. The Balaban J connectivity index is 2.23. The monoisotopic (exact) mass is 215 g/mol. The van der Waals surface area contributed by atoms with Gasteiger partial charge in [0.25, 0.3) is 0 Å². The summed E-state index contributed by atoms with van der Waals surface area (Å²) in [4.78, 5) is 0. The molecule has 2 unspecified atom stereocenters. The van der Waals surface area contributed by atoms with Gasteiger partial charge in [-0.15, -0.1) is 0 Å². The van der Waals surface area contributed by atoms with Crippen LogP contribution in [0.4, 0.5) is 0 Å². The maximum Gasteiger partial charge on any atom is 0.0655 e. The zero-order valence-electron chi connectivity index (χ0n) is 10.7. The molecule has 0 aromatic heterocycles. The van der Waals surface area contributed by atoms with Crippen molar-refractivity contribution in [1.29, 1.82) is 0 Å². The van der Waals surface area contributed by atoms with Crippen LogP contribution in [0.5, 0.6) is 0 Å². The number of nitrogens with two attached hydrogens (primary N) is 1. The van der Waals surface area contributed by atoms with Crippen molar-refractivity contribution in [3.63, 3.8) is 0 Å². The van der Waals surface area contributed by atoms with Crippen molar-refractivity contribution in [2.45, 2.75) is 58.3 Å². The normalized spacial score (nSPS) is 30.0. The van der Waals surface area contributed by atoms with Crippen molar-refractivity contribution in [2.75, 3.05) is 13.7 Å². The van der Waals surface area contributed by atoms with Crippen LogP contribution < -0.4 is 5.73 Å². The maximum atomic E-state index is 5.93. The SMILES string of the molecule is COC(C)(C)CCOC1CC(N)C1(C)C. The van der Waals surface area contributed by atoms with E-state index in [0.29, 0.717) is 6.10 Å². The molecule has 3 heteroatoms. The zero-order valence-corrected chi connectivity index (χ0v) is 10.7. The summed E-state index contributed by atoms with van der Waals surface area (Å²) in [6.45, 7) is 9.25. The largest absolute Gasteiger partial charge is 0.379 e. The Morgan fingerprint density at radius 2 is 2.00 bits per heavy atom. The Kier molecular flexibility index (Phi) is 3.80. The highest BCUT2D eigenvalue weighted by Gasteiger charge is 2.46. The van der Waals surface area contributed by atoms with E-state index in [9.17, 15) is 0 Å². The molecule has 0 heterocycles. The Hall–Kier alpha value is -0.120. The van der Waals surface area contributed by atoms with Gasteiger partial charge in [-0.25, -0.2) is 0 Å². The van der Waals surface area contributed by atoms with Crippen LogP contribution in [0.15, 0.2) is 0 Å². The minimum Gasteiger partial charge on any atom is -0.379 e. The standard InChI is InChI=1S/C12H25NO2/c1-11(2,14-5)6-7-15-10-8-9(13)12(10,3)4/h9-10H,6-8,13H2,1-5H3. The quantitative estimate of drug-likeness (QED) is 0.762. The average Bonchev–Trinajstić information content (AvgIpc) is 2.16. The second kappa shape index (κ2) is 4.40. The van der Waals surface area contributed by atoms with Crippen LogP contribution in [0.2, 0.25) is 0 Å². The van der Waals surface area contributed by atoms with E-state index in [-0.39, 0.29) is 17.1 Å². The molecule has 0 aromatic rings. The van der Waals surface area contributed by atoms with Gasteiger partial charge in [0.05, 0.1) is 11.7 Å². The van der Waals surface area contributed by atoms with E-state index in [1.54, 1.807) is 7.11 Å². The van der Waals surface area contributed by atoms with Crippen LogP contribution in [0, 0.1) is 5.41 Å². The molecule has 3 nitrogen and oxygen atoms in total. The highest BCUT2D eigenvalue weighted by atomic mass is 16.5. The van der Waals surface area contributed by atoms with Crippen LogP contribution in [0.1, 0.15) is 40.5 Å². The first-order chi connectivity index (χ1) is 6.79. The van der Waals surface area contributed by atoms with Crippen molar-refractivity contribution in [1.82, 2.24) is 0 Å². The van der Waals surface area contributed by atoms with Crippen molar-refractivity contribution >= 4 is 0 Å². The molecule has 90 valence electrons. The van der Waals surface area contributed by atoms with Gasteiger partial charge >= 0.3 is 0 Å². The van der Waals surface area contributed by atoms with Crippen molar-refractivity contribution in [3.8, 4) is 0 Å². The molecular formula is C12H25NO2. The number of ether oxygens (including phenoxy) is 2. The third-order valence-corrected chi connectivity index (χ3v) is 3.83. The molecule has 2 N–H and O–H groups in total. The molecule has 1 fully saturated rings. The third-order valence-electron chi connectivity index (χ3n) is 3.83. The van der Waals surface area contributed by atoms with Gasteiger partial charge in [0.1, 0.15) is 0 Å². The van der Waals surface area contributed by atoms with Crippen LogP contribution in [0.25, 0.3) is 0 Å². The summed E-state index contributed by atoms with van der Waals surface area (Å²) in [5.41, 5.74) is 5.97. The number of rotatable bonds is 5. The predicted octanol–water partition coefficient (Wildman–Crippen LogP) is 1.94. The molecule has 0 saturated heterocycles. The average molecular weight is 215 g/mol. The number of methoxy groups -OCH3 is 1. The molecule has 0 aliphatic heterocycles. The van der Waals surface area contributed by atoms with E-state index in [4.69, 9.17) is 15.2 Å². The fourth-order valence-electron chi connectivity index (χ4n) is 1.75. The van der Waals surface area contributed by atoms with E-state index >= 15 is 0 Å². The van der Waals surface area contributed by atoms with Gasteiger partial charge in [0, 0.05) is 25.2 Å². The molecule has 0 radical (unpaired) electrons. The second-order valence-electron chi connectivity index (χ2n) is 5.74. The minimum atomic E-state index is -0.0873. The second-order valence-corrected chi connectivity index (χ2v) is 5.74. The van der Waals surface area contributed by atoms with Crippen molar-refractivity contribution < 1.29 is 9.47 Å². The Morgan fingerprint density at radius 3 is 2.40 bits per heavy atom. The molecule has 15 heavy (non-hydrogen) atoms. The molecule has 0 amide bonds. The fourth-order valence-corrected chi connectivity index (χ4v) is 1.75. The van der Waals surface area contributed by atoms with E-state index in [1.165, 1.54) is 0 Å². The van der Waals surface area contributed by atoms with Gasteiger partial charge < -0.3 is 15.2 Å². The molecule has 1 aliphatic rings. The van der Waals surface area contributed by atoms with E-state index in [1.807, 2.05) is 0 Å². The lowest BCUT2D eigenvalue weighted by atomic mass is 9.65. The van der Waals surface area contributed by atoms with Crippen LogP contribution in [-0.2, 0) is 9.47 Å². The predicted molar refractivity (Wildman–Crippen MR) is 61.8 cm³/mol. The first kappa shape index (κ1) is 12.9.